The number of aromatic nitrogens is 4. The fourth-order valence-corrected chi connectivity index (χ4v) is 3.33. The quantitative estimate of drug-likeness (QED) is 0.760. The van der Waals surface area contributed by atoms with Gasteiger partial charge in [-0.05, 0) is 19.8 Å². The van der Waals surface area contributed by atoms with Crippen molar-refractivity contribution >= 4 is 11.9 Å². The second-order valence-corrected chi connectivity index (χ2v) is 6.64. The zero-order valence-electron chi connectivity index (χ0n) is 15.0. The molecular formula is C19H20N6O2. The Labute approximate surface area is 156 Å². The highest BCUT2D eigenvalue weighted by Gasteiger charge is 2.30. The van der Waals surface area contributed by atoms with Gasteiger partial charge >= 0.3 is 0 Å². The molecule has 0 spiro atoms. The third kappa shape index (κ3) is 3.51. The maximum absolute atomic E-state index is 12.9. The first-order valence-corrected chi connectivity index (χ1v) is 8.89. The van der Waals surface area contributed by atoms with Crippen molar-refractivity contribution in [1.82, 2.24) is 25.0 Å². The third-order valence-corrected chi connectivity index (χ3v) is 4.76. The molecule has 2 N–H and O–H groups in total. The first-order chi connectivity index (χ1) is 13.1. The molecule has 0 aliphatic carbocycles. The Morgan fingerprint density at radius 2 is 2.07 bits per heavy atom. The molecule has 0 bridgehead atoms. The minimum absolute atomic E-state index is 0.0164. The lowest BCUT2D eigenvalue weighted by Crippen LogP contribution is -2.39. The fourth-order valence-electron chi connectivity index (χ4n) is 3.33. The number of carbonyl (C=O) groups excluding carboxylic acids is 1. The van der Waals surface area contributed by atoms with Gasteiger partial charge in [-0.25, -0.2) is 9.97 Å². The highest BCUT2D eigenvalue weighted by atomic mass is 16.5. The molecule has 1 fully saturated rings. The number of nitrogen functional groups attached to an aromatic ring is 1. The molecule has 3 aromatic rings. The Balaban J connectivity index is 1.51. The zero-order chi connectivity index (χ0) is 18.8. The monoisotopic (exact) mass is 364 g/mol. The van der Waals surface area contributed by atoms with E-state index < -0.39 is 0 Å². The van der Waals surface area contributed by atoms with E-state index in [1.54, 1.807) is 11.8 Å². The molecule has 3 heterocycles. The van der Waals surface area contributed by atoms with Crippen LogP contribution in [0.25, 0.3) is 11.4 Å². The summed E-state index contributed by atoms with van der Waals surface area (Å²) in [7, 11) is 0. The molecule has 0 saturated carbocycles. The van der Waals surface area contributed by atoms with Crippen LogP contribution in [-0.2, 0) is 0 Å². The number of nitrogens with zero attached hydrogens (tertiary/aromatic N) is 5. The van der Waals surface area contributed by atoms with Crippen molar-refractivity contribution in [3.63, 3.8) is 0 Å². The average molecular weight is 364 g/mol. The SMILES string of the molecule is Cc1nc(N)ncc1C(=O)N1CCC[C@@H](c2nc(-c3ccccc3)no2)C1. The molecule has 1 aliphatic rings. The van der Waals surface area contributed by atoms with Crippen LogP contribution in [0.2, 0.25) is 0 Å². The van der Waals surface area contributed by atoms with Crippen LogP contribution < -0.4 is 5.73 Å². The number of benzene rings is 1. The van der Waals surface area contributed by atoms with Crippen LogP contribution in [-0.4, -0.2) is 44.0 Å². The van der Waals surface area contributed by atoms with Crippen molar-refractivity contribution in [3.05, 3.63) is 53.7 Å². The van der Waals surface area contributed by atoms with Gasteiger partial charge in [-0.1, -0.05) is 35.5 Å². The minimum Gasteiger partial charge on any atom is -0.368 e. The van der Waals surface area contributed by atoms with Crippen molar-refractivity contribution in [1.29, 1.82) is 0 Å². The lowest BCUT2D eigenvalue weighted by Gasteiger charge is -2.31. The Morgan fingerprint density at radius 3 is 2.85 bits per heavy atom. The smallest absolute Gasteiger partial charge is 0.257 e. The number of piperidine rings is 1. The van der Waals surface area contributed by atoms with Gasteiger partial charge in [0.2, 0.25) is 17.7 Å². The molecule has 8 nitrogen and oxygen atoms in total. The topological polar surface area (TPSA) is 111 Å². The summed E-state index contributed by atoms with van der Waals surface area (Å²) >= 11 is 0. The summed E-state index contributed by atoms with van der Waals surface area (Å²) in [6.45, 7) is 2.97. The van der Waals surface area contributed by atoms with E-state index in [4.69, 9.17) is 10.3 Å². The second-order valence-electron chi connectivity index (χ2n) is 6.64. The molecule has 1 aromatic carbocycles. The van der Waals surface area contributed by atoms with Crippen molar-refractivity contribution in [2.24, 2.45) is 0 Å². The molecule has 1 atom stereocenters. The van der Waals surface area contributed by atoms with Crippen LogP contribution in [0.5, 0.6) is 0 Å². The second kappa shape index (κ2) is 7.14. The highest BCUT2D eigenvalue weighted by Crippen LogP contribution is 2.28. The molecule has 1 saturated heterocycles. The first kappa shape index (κ1) is 17.1. The summed E-state index contributed by atoms with van der Waals surface area (Å²) in [6, 6.07) is 9.69. The van der Waals surface area contributed by atoms with Crippen molar-refractivity contribution in [3.8, 4) is 11.4 Å². The molecule has 1 aliphatic heterocycles. The number of anilines is 1. The van der Waals surface area contributed by atoms with Gasteiger partial charge in [0, 0.05) is 24.8 Å². The van der Waals surface area contributed by atoms with E-state index in [1.807, 2.05) is 30.3 Å². The summed E-state index contributed by atoms with van der Waals surface area (Å²) in [5.41, 5.74) is 7.54. The number of amides is 1. The molecule has 138 valence electrons. The highest BCUT2D eigenvalue weighted by molar-refractivity contribution is 5.95. The van der Waals surface area contributed by atoms with E-state index in [-0.39, 0.29) is 17.8 Å². The van der Waals surface area contributed by atoms with Gasteiger partial charge in [-0.2, -0.15) is 4.98 Å². The molecule has 27 heavy (non-hydrogen) atoms. The zero-order valence-corrected chi connectivity index (χ0v) is 15.0. The number of hydrogen-bond donors (Lipinski definition) is 1. The summed E-state index contributed by atoms with van der Waals surface area (Å²) in [4.78, 5) is 27.2. The standard InChI is InChI=1S/C19H20N6O2/c1-12-15(10-21-19(20)22-12)18(26)25-9-5-8-14(11-25)17-23-16(24-27-17)13-6-3-2-4-7-13/h2-4,6-7,10,14H,5,8-9,11H2,1H3,(H2,20,21,22)/t14-/m1/s1. The Hall–Kier alpha value is -3.29. The van der Waals surface area contributed by atoms with Gasteiger partial charge in [-0.15, -0.1) is 0 Å². The number of likely N-dealkylation sites (tertiary alicyclic amines) is 1. The van der Waals surface area contributed by atoms with Gasteiger partial charge < -0.3 is 15.2 Å². The van der Waals surface area contributed by atoms with Gasteiger partial charge in [0.05, 0.1) is 17.2 Å². The molecule has 8 heteroatoms. The van der Waals surface area contributed by atoms with Crippen LogP contribution in [0.1, 0.15) is 40.7 Å². The van der Waals surface area contributed by atoms with Gasteiger partial charge in [0.15, 0.2) is 0 Å². The first-order valence-electron chi connectivity index (χ1n) is 8.89. The van der Waals surface area contributed by atoms with Gasteiger partial charge in [0.1, 0.15) is 0 Å². The lowest BCUT2D eigenvalue weighted by molar-refractivity contribution is 0.0694. The molecular weight excluding hydrogens is 344 g/mol. The fraction of sp³-hybridized carbons (Fsp3) is 0.316. The van der Waals surface area contributed by atoms with E-state index in [0.29, 0.717) is 36.1 Å². The molecule has 1 amide bonds. The summed E-state index contributed by atoms with van der Waals surface area (Å²) in [6.07, 6.45) is 3.26. The summed E-state index contributed by atoms with van der Waals surface area (Å²) in [5.74, 6) is 1.22. The predicted octanol–water partition coefficient (Wildman–Crippen LogP) is 2.44. The van der Waals surface area contributed by atoms with Crippen molar-refractivity contribution in [2.75, 3.05) is 18.8 Å². The molecule has 0 radical (unpaired) electrons. The Kier molecular flexibility index (Phi) is 4.53. The molecule has 4 rings (SSSR count). The van der Waals surface area contributed by atoms with E-state index >= 15 is 0 Å². The third-order valence-electron chi connectivity index (χ3n) is 4.76. The number of rotatable bonds is 3. The van der Waals surface area contributed by atoms with E-state index in [0.717, 1.165) is 18.4 Å². The number of nitrogens with two attached hydrogens (primary N) is 1. The van der Waals surface area contributed by atoms with Gasteiger partial charge in [-0.3, -0.25) is 4.79 Å². The Morgan fingerprint density at radius 1 is 1.26 bits per heavy atom. The van der Waals surface area contributed by atoms with E-state index in [2.05, 4.69) is 20.1 Å². The average Bonchev–Trinajstić information content (AvgIpc) is 3.19. The largest absolute Gasteiger partial charge is 0.368 e. The van der Waals surface area contributed by atoms with Crippen LogP contribution >= 0.6 is 0 Å². The van der Waals surface area contributed by atoms with Crippen LogP contribution in [0.15, 0.2) is 41.1 Å². The number of hydrogen-bond acceptors (Lipinski definition) is 7. The number of aryl methyl sites for hydroxylation is 1. The van der Waals surface area contributed by atoms with Gasteiger partial charge in [0.25, 0.3) is 5.91 Å². The van der Waals surface area contributed by atoms with E-state index in [9.17, 15) is 4.79 Å². The summed E-state index contributed by atoms with van der Waals surface area (Å²) < 4.78 is 5.49. The van der Waals surface area contributed by atoms with Crippen LogP contribution in [0, 0.1) is 6.92 Å². The Bertz CT molecular complexity index is 956. The normalized spacial score (nSPS) is 17.1. The molecule has 0 unspecified atom stereocenters. The maximum atomic E-state index is 12.9. The predicted molar refractivity (Wildman–Crippen MR) is 98.8 cm³/mol. The van der Waals surface area contributed by atoms with Crippen LogP contribution in [0.3, 0.4) is 0 Å². The maximum Gasteiger partial charge on any atom is 0.257 e. The van der Waals surface area contributed by atoms with Crippen LogP contribution in [0.4, 0.5) is 5.95 Å². The summed E-state index contributed by atoms with van der Waals surface area (Å²) in [5, 5.41) is 4.09. The van der Waals surface area contributed by atoms with Crippen molar-refractivity contribution < 1.29 is 9.32 Å². The minimum atomic E-state index is -0.0972. The number of carbonyl (C=O) groups is 1. The van der Waals surface area contributed by atoms with E-state index in [1.165, 1.54) is 6.20 Å². The lowest BCUT2D eigenvalue weighted by atomic mass is 9.97. The molecule has 2 aromatic heterocycles. The van der Waals surface area contributed by atoms with Crippen molar-refractivity contribution in [2.45, 2.75) is 25.7 Å².